The maximum Gasteiger partial charge on any atom is 0.249 e. The van der Waals surface area contributed by atoms with E-state index in [4.69, 9.17) is 22.1 Å². The molecular weight excluding hydrogens is 420 g/mol. The van der Waals surface area contributed by atoms with Gasteiger partial charge in [0.2, 0.25) is 5.91 Å². The van der Waals surface area contributed by atoms with E-state index in [0.717, 1.165) is 38.7 Å². The number of carbonyl (C=O) groups excluding carboxylic acids is 1. The standard InChI is InChI=1S/C27H21ClN2O2/c28-20-11-14-22-25(15-20)30(24-8-4-7-23(26(22)24)27(29)31)16-18-9-12-21(13-10-18)32-17-19-5-2-1-3-6-19/h1-15H,16-17H2,(H2,29,31). The van der Waals surface area contributed by atoms with Gasteiger partial charge in [-0.05, 0) is 47.5 Å². The first-order chi connectivity index (χ1) is 15.6. The summed E-state index contributed by atoms with van der Waals surface area (Å²) < 4.78 is 8.07. The zero-order valence-corrected chi connectivity index (χ0v) is 18.0. The van der Waals surface area contributed by atoms with Crippen molar-refractivity contribution in [3.8, 4) is 5.75 Å². The van der Waals surface area contributed by atoms with E-state index in [1.54, 1.807) is 6.07 Å². The average Bonchev–Trinajstić information content (AvgIpc) is 3.12. The topological polar surface area (TPSA) is 57.2 Å². The minimum atomic E-state index is -0.440. The molecule has 1 heterocycles. The van der Waals surface area contributed by atoms with Gasteiger partial charge in [0.25, 0.3) is 0 Å². The van der Waals surface area contributed by atoms with Gasteiger partial charge in [-0.1, -0.05) is 66.2 Å². The quantitative estimate of drug-likeness (QED) is 0.343. The molecule has 0 unspecified atom stereocenters. The van der Waals surface area contributed by atoms with Gasteiger partial charge < -0.3 is 15.0 Å². The van der Waals surface area contributed by atoms with Gasteiger partial charge in [-0.15, -0.1) is 0 Å². The molecule has 4 aromatic carbocycles. The Bertz CT molecular complexity index is 1420. The fourth-order valence-corrected chi connectivity index (χ4v) is 4.27. The molecule has 32 heavy (non-hydrogen) atoms. The van der Waals surface area contributed by atoms with E-state index in [9.17, 15) is 4.79 Å². The van der Waals surface area contributed by atoms with Crippen LogP contribution in [0, 0.1) is 0 Å². The largest absolute Gasteiger partial charge is 0.489 e. The second kappa shape index (κ2) is 8.40. The molecule has 0 radical (unpaired) electrons. The maximum atomic E-state index is 12.1. The van der Waals surface area contributed by atoms with Gasteiger partial charge in [0.1, 0.15) is 12.4 Å². The first-order valence-corrected chi connectivity index (χ1v) is 10.7. The lowest BCUT2D eigenvalue weighted by Crippen LogP contribution is -2.11. The monoisotopic (exact) mass is 440 g/mol. The fraction of sp³-hybridized carbons (Fsp3) is 0.0741. The molecule has 0 bridgehead atoms. The number of fused-ring (bicyclic) bond motifs is 3. The number of amides is 1. The first kappa shape index (κ1) is 20.2. The van der Waals surface area contributed by atoms with Crippen LogP contribution in [0.4, 0.5) is 0 Å². The number of primary amides is 1. The molecule has 0 atom stereocenters. The van der Waals surface area contributed by atoms with Gasteiger partial charge in [0.05, 0.1) is 11.0 Å². The Balaban J connectivity index is 1.49. The summed E-state index contributed by atoms with van der Waals surface area (Å²) >= 11 is 6.31. The van der Waals surface area contributed by atoms with Gasteiger partial charge in [0, 0.05) is 27.9 Å². The third-order valence-corrected chi connectivity index (χ3v) is 5.87. The molecule has 0 fully saturated rings. The fourth-order valence-electron chi connectivity index (χ4n) is 4.11. The Morgan fingerprint density at radius 1 is 0.844 bits per heavy atom. The van der Waals surface area contributed by atoms with Crippen LogP contribution < -0.4 is 10.5 Å². The number of rotatable bonds is 6. The summed E-state index contributed by atoms with van der Waals surface area (Å²) in [7, 11) is 0. The molecule has 158 valence electrons. The van der Waals surface area contributed by atoms with Gasteiger partial charge in [-0.2, -0.15) is 0 Å². The highest BCUT2D eigenvalue weighted by molar-refractivity contribution is 6.32. The minimum absolute atomic E-state index is 0.440. The Morgan fingerprint density at radius 2 is 1.62 bits per heavy atom. The minimum Gasteiger partial charge on any atom is -0.489 e. The smallest absolute Gasteiger partial charge is 0.249 e. The van der Waals surface area contributed by atoms with E-state index in [2.05, 4.69) is 16.7 Å². The molecule has 0 aliphatic carbocycles. The molecule has 5 aromatic rings. The third kappa shape index (κ3) is 3.81. The van der Waals surface area contributed by atoms with Crippen LogP contribution >= 0.6 is 11.6 Å². The maximum absolute atomic E-state index is 12.1. The van der Waals surface area contributed by atoms with E-state index >= 15 is 0 Å². The van der Waals surface area contributed by atoms with Crippen molar-refractivity contribution < 1.29 is 9.53 Å². The number of benzene rings is 4. The van der Waals surface area contributed by atoms with Crippen LogP contribution in [0.1, 0.15) is 21.5 Å². The molecule has 1 amide bonds. The van der Waals surface area contributed by atoms with E-state index < -0.39 is 5.91 Å². The lowest BCUT2D eigenvalue weighted by molar-refractivity contribution is 0.100. The van der Waals surface area contributed by atoms with Crippen molar-refractivity contribution >= 4 is 39.3 Å². The molecule has 0 spiro atoms. The van der Waals surface area contributed by atoms with E-state index in [-0.39, 0.29) is 0 Å². The Hall–Kier alpha value is -3.76. The number of ether oxygens (including phenoxy) is 1. The molecule has 0 aliphatic rings. The summed E-state index contributed by atoms with van der Waals surface area (Å²) in [6.45, 7) is 1.16. The lowest BCUT2D eigenvalue weighted by Gasteiger charge is -2.10. The summed E-state index contributed by atoms with van der Waals surface area (Å²) in [5.74, 6) is 0.378. The van der Waals surface area contributed by atoms with Crippen molar-refractivity contribution in [2.75, 3.05) is 0 Å². The number of hydrogen-bond acceptors (Lipinski definition) is 2. The zero-order chi connectivity index (χ0) is 22.1. The summed E-state index contributed by atoms with van der Waals surface area (Å²) in [4.78, 5) is 12.1. The van der Waals surface area contributed by atoms with Crippen molar-refractivity contribution in [3.05, 3.63) is 113 Å². The second-order valence-electron chi connectivity index (χ2n) is 7.73. The Labute approximate surface area is 190 Å². The zero-order valence-electron chi connectivity index (χ0n) is 17.3. The van der Waals surface area contributed by atoms with Crippen LogP contribution in [0.25, 0.3) is 21.8 Å². The summed E-state index contributed by atoms with van der Waals surface area (Å²) in [5.41, 5.74) is 10.3. The molecular formula is C27H21ClN2O2. The van der Waals surface area contributed by atoms with Gasteiger partial charge in [0.15, 0.2) is 0 Å². The highest BCUT2D eigenvalue weighted by atomic mass is 35.5. The number of nitrogens with zero attached hydrogens (tertiary/aromatic N) is 1. The van der Waals surface area contributed by atoms with Crippen molar-refractivity contribution in [2.24, 2.45) is 5.73 Å². The van der Waals surface area contributed by atoms with E-state index in [1.165, 1.54) is 0 Å². The van der Waals surface area contributed by atoms with Crippen LogP contribution in [-0.4, -0.2) is 10.5 Å². The van der Waals surface area contributed by atoms with Gasteiger partial charge in [-0.3, -0.25) is 4.79 Å². The number of aromatic nitrogens is 1. The van der Waals surface area contributed by atoms with Crippen LogP contribution in [0.2, 0.25) is 5.02 Å². The van der Waals surface area contributed by atoms with Crippen LogP contribution in [0.3, 0.4) is 0 Å². The predicted molar refractivity (Wildman–Crippen MR) is 129 cm³/mol. The van der Waals surface area contributed by atoms with E-state index in [1.807, 2.05) is 72.8 Å². The number of carbonyl (C=O) groups is 1. The number of nitrogens with two attached hydrogens (primary N) is 1. The normalized spacial score (nSPS) is 11.2. The summed E-state index contributed by atoms with van der Waals surface area (Å²) in [6, 6.07) is 29.5. The number of hydrogen-bond donors (Lipinski definition) is 1. The average molecular weight is 441 g/mol. The van der Waals surface area contributed by atoms with Crippen LogP contribution in [0.5, 0.6) is 5.75 Å². The van der Waals surface area contributed by atoms with Crippen molar-refractivity contribution in [3.63, 3.8) is 0 Å². The molecule has 4 nitrogen and oxygen atoms in total. The molecule has 2 N–H and O–H groups in total. The Kier molecular flexibility index (Phi) is 5.29. The highest BCUT2D eigenvalue weighted by Crippen LogP contribution is 2.34. The van der Waals surface area contributed by atoms with Gasteiger partial charge >= 0.3 is 0 Å². The Morgan fingerprint density at radius 3 is 2.38 bits per heavy atom. The molecule has 0 saturated carbocycles. The van der Waals surface area contributed by atoms with Crippen LogP contribution in [-0.2, 0) is 13.2 Å². The summed E-state index contributed by atoms with van der Waals surface area (Å²) in [6.07, 6.45) is 0. The van der Waals surface area contributed by atoms with Crippen molar-refractivity contribution in [1.29, 1.82) is 0 Å². The highest BCUT2D eigenvalue weighted by Gasteiger charge is 2.16. The molecule has 5 heteroatoms. The van der Waals surface area contributed by atoms with E-state index in [0.29, 0.717) is 23.7 Å². The molecule has 5 rings (SSSR count). The van der Waals surface area contributed by atoms with Crippen molar-refractivity contribution in [1.82, 2.24) is 4.57 Å². The second-order valence-corrected chi connectivity index (χ2v) is 8.17. The van der Waals surface area contributed by atoms with Gasteiger partial charge in [-0.25, -0.2) is 0 Å². The van der Waals surface area contributed by atoms with Crippen molar-refractivity contribution in [2.45, 2.75) is 13.2 Å². The first-order valence-electron chi connectivity index (χ1n) is 10.4. The third-order valence-electron chi connectivity index (χ3n) is 5.63. The molecule has 0 saturated heterocycles. The SMILES string of the molecule is NC(=O)c1cccc2c1c1ccc(Cl)cc1n2Cc1ccc(OCc2ccccc2)cc1. The van der Waals surface area contributed by atoms with Crippen LogP contribution in [0.15, 0.2) is 91.0 Å². The lowest BCUT2D eigenvalue weighted by atomic mass is 10.1. The molecule has 1 aromatic heterocycles. The summed E-state index contributed by atoms with van der Waals surface area (Å²) in [5, 5.41) is 2.46. The molecule has 0 aliphatic heterocycles. The predicted octanol–water partition coefficient (Wildman–Crippen LogP) is 6.17. The number of halogens is 1.